The number of hydrogen-bond acceptors (Lipinski definition) is 3. The molecule has 2 unspecified atom stereocenters. The summed E-state index contributed by atoms with van der Waals surface area (Å²) in [4.78, 5) is 11.7. The molecule has 1 aliphatic rings. The molecule has 2 N–H and O–H groups in total. The Labute approximate surface area is 101 Å². The Morgan fingerprint density at radius 2 is 2.53 bits per heavy atom. The van der Waals surface area contributed by atoms with Crippen molar-refractivity contribution in [1.29, 1.82) is 0 Å². The molecule has 17 heavy (non-hydrogen) atoms. The van der Waals surface area contributed by atoms with Gasteiger partial charge in [0.15, 0.2) is 0 Å². The molecule has 0 saturated carbocycles. The van der Waals surface area contributed by atoms with Crippen LogP contribution in [0.25, 0.3) is 6.08 Å². The third-order valence-electron chi connectivity index (χ3n) is 3.03. The summed E-state index contributed by atoms with van der Waals surface area (Å²) in [6.45, 7) is 3.14. The third-order valence-corrected chi connectivity index (χ3v) is 3.03. The molecule has 1 saturated heterocycles. The zero-order valence-corrected chi connectivity index (χ0v) is 9.98. The van der Waals surface area contributed by atoms with Crippen LogP contribution in [0.1, 0.15) is 25.5 Å². The van der Waals surface area contributed by atoms with E-state index in [1.807, 2.05) is 6.07 Å². The number of furan rings is 1. The Balaban J connectivity index is 1.84. The number of piperidine rings is 1. The number of amides is 1. The van der Waals surface area contributed by atoms with Gasteiger partial charge in [-0.2, -0.15) is 0 Å². The summed E-state index contributed by atoms with van der Waals surface area (Å²) < 4.78 is 5.12. The number of hydrogen-bond donors (Lipinski definition) is 2. The molecule has 0 aromatic carbocycles. The zero-order chi connectivity index (χ0) is 12.1. The summed E-state index contributed by atoms with van der Waals surface area (Å²) in [6, 6.07) is 4.17. The summed E-state index contributed by atoms with van der Waals surface area (Å²) in [5, 5.41) is 6.35. The molecule has 1 aliphatic heterocycles. The minimum Gasteiger partial charge on any atom is -0.465 e. The van der Waals surface area contributed by atoms with E-state index >= 15 is 0 Å². The monoisotopic (exact) mass is 234 g/mol. The van der Waals surface area contributed by atoms with Crippen molar-refractivity contribution in [2.75, 3.05) is 6.54 Å². The fraction of sp³-hybridized carbons (Fsp3) is 0.462. The molecule has 0 bridgehead atoms. The van der Waals surface area contributed by atoms with Gasteiger partial charge >= 0.3 is 0 Å². The van der Waals surface area contributed by atoms with Crippen LogP contribution in [0, 0.1) is 0 Å². The highest BCUT2D eigenvalue weighted by molar-refractivity contribution is 5.91. The molecule has 1 aromatic rings. The molecule has 1 aromatic heterocycles. The van der Waals surface area contributed by atoms with Crippen LogP contribution in [0.3, 0.4) is 0 Å². The van der Waals surface area contributed by atoms with Crippen LogP contribution in [0.15, 0.2) is 28.9 Å². The van der Waals surface area contributed by atoms with Gasteiger partial charge in [-0.15, -0.1) is 0 Å². The van der Waals surface area contributed by atoms with Crippen LogP contribution in [0.4, 0.5) is 0 Å². The van der Waals surface area contributed by atoms with Crippen molar-refractivity contribution in [3.05, 3.63) is 30.2 Å². The number of carbonyl (C=O) groups excluding carboxylic acids is 1. The van der Waals surface area contributed by atoms with Crippen molar-refractivity contribution < 1.29 is 9.21 Å². The van der Waals surface area contributed by atoms with Crippen molar-refractivity contribution in [1.82, 2.24) is 10.6 Å². The van der Waals surface area contributed by atoms with Gasteiger partial charge in [0.25, 0.3) is 0 Å². The molecule has 0 spiro atoms. The van der Waals surface area contributed by atoms with Gasteiger partial charge in [0.2, 0.25) is 5.91 Å². The second-order valence-corrected chi connectivity index (χ2v) is 4.35. The predicted octanol–water partition coefficient (Wildman–Crippen LogP) is 1.55. The van der Waals surface area contributed by atoms with Crippen LogP contribution >= 0.6 is 0 Å². The predicted molar refractivity (Wildman–Crippen MR) is 66.4 cm³/mol. The first-order chi connectivity index (χ1) is 8.25. The van der Waals surface area contributed by atoms with E-state index in [1.54, 1.807) is 18.4 Å². The molecule has 92 valence electrons. The summed E-state index contributed by atoms with van der Waals surface area (Å²) in [5.74, 6) is 0.622. The van der Waals surface area contributed by atoms with Gasteiger partial charge in [0, 0.05) is 18.2 Å². The van der Waals surface area contributed by atoms with Crippen LogP contribution < -0.4 is 10.6 Å². The topological polar surface area (TPSA) is 54.3 Å². The van der Waals surface area contributed by atoms with Crippen LogP contribution in [0.2, 0.25) is 0 Å². The second-order valence-electron chi connectivity index (χ2n) is 4.35. The molecule has 4 nitrogen and oxygen atoms in total. The minimum atomic E-state index is -0.0676. The molecular formula is C13H18N2O2. The van der Waals surface area contributed by atoms with Crippen molar-refractivity contribution in [2.45, 2.75) is 31.8 Å². The quantitative estimate of drug-likeness (QED) is 0.780. The molecule has 0 radical (unpaired) electrons. The second kappa shape index (κ2) is 5.68. The largest absolute Gasteiger partial charge is 0.465 e. The lowest BCUT2D eigenvalue weighted by molar-refractivity contribution is -0.117. The molecule has 4 heteroatoms. The van der Waals surface area contributed by atoms with E-state index in [0.29, 0.717) is 11.8 Å². The van der Waals surface area contributed by atoms with E-state index < -0.39 is 0 Å². The average molecular weight is 234 g/mol. The first-order valence-corrected chi connectivity index (χ1v) is 6.01. The SMILES string of the molecule is CC1NCCCC1NC(=O)/C=C/c1ccco1. The molecule has 2 rings (SSSR count). The Bertz CT molecular complexity index is 384. The number of carbonyl (C=O) groups is 1. The van der Waals surface area contributed by atoms with E-state index in [0.717, 1.165) is 19.4 Å². The lowest BCUT2D eigenvalue weighted by Gasteiger charge is -2.30. The highest BCUT2D eigenvalue weighted by Gasteiger charge is 2.21. The zero-order valence-electron chi connectivity index (χ0n) is 9.98. The Morgan fingerprint density at radius 1 is 1.65 bits per heavy atom. The normalized spacial score (nSPS) is 25.0. The Hall–Kier alpha value is -1.55. The molecule has 0 aliphatic carbocycles. The fourth-order valence-corrected chi connectivity index (χ4v) is 2.02. The van der Waals surface area contributed by atoms with Gasteiger partial charge in [-0.05, 0) is 44.5 Å². The maximum atomic E-state index is 11.7. The van der Waals surface area contributed by atoms with Gasteiger partial charge in [-0.25, -0.2) is 0 Å². The van der Waals surface area contributed by atoms with Gasteiger partial charge in [0.1, 0.15) is 5.76 Å². The first kappa shape index (κ1) is 11.9. The summed E-state index contributed by atoms with van der Waals surface area (Å²) in [5.41, 5.74) is 0. The minimum absolute atomic E-state index is 0.0676. The van der Waals surface area contributed by atoms with Gasteiger partial charge in [-0.1, -0.05) is 0 Å². The Kier molecular flexibility index (Phi) is 3.98. The maximum absolute atomic E-state index is 11.7. The van der Waals surface area contributed by atoms with Crippen molar-refractivity contribution in [3.8, 4) is 0 Å². The number of rotatable bonds is 3. The summed E-state index contributed by atoms with van der Waals surface area (Å²) in [7, 11) is 0. The Morgan fingerprint density at radius 3 is 3.24 bits per heavy atom. The van der Waals surface area contributed by atoms with E-state index in [4.69, 9.17) is 4.42 Å². The first-order valence-electron chi connectivity index (χ1n) is 6.01. The van der Waals surface area contributed by atoms with E-state index in [1.165, 1.54) is 6.08 Å². The third kappa shape index (κ3) is 3.46. The van der Waals surface area contributed by atoms with Gasteiger partial charge in [-0.3, -0.25) is 4.79 Å². The average Bonchev–Trinajstić information content (AvgIpc) is 2.82. The van der Waals surface area contributed by atoms with Crippen LogP contribution in [-0.4, -0.2) is 24.5 Å². The molecular weight excluding hydrogens is 216 g/mol. The van der Waals surface area contributed by atoms with Crippen molar-refractivity contribution in [3.63, 3.8) is 0 Å². The lowest BCUT2D eigenvalue weighted by atomic mass is 10.00. The van der Waals surface area contributed by atoms with Crippen molar-refractivity contribution >= 4 is 12.0 Å². The van der Waals surface area contributed by atoms with E-state index in [-0.39, 0.29) is 11.9 Å². The molecule has 2 heterocycles. The van der Waals surface area contributed by atoms with Crippen molar-refractivity contribution in [2.24, 2.45) is 0 Å². The van der Waals surface area contributed by atoms with E-state index in [9.17, 15) is 4.79 Å². The number of nitrogens with one attached hydrogen (secondary N) is 2. The molecule has 1 fully saturated rings. The van der Waals surface area contributed by atoms with Gasteiger partial charge < -0.3 is 15.1 Å². The van der Waals surface area contributed by atoms with Crippen LogP contribution in [-0.2, 0) is 4.79 Å². The standard InChI is InChI=1S/C13H18N2O2/c1-10-12(5-2-8-14-10)15-13(16)7-6-11-4-3-9-17-11/h3-4,6-7,9-10,12,14H,2,5,8H2,1H3,(H,15,16)/b7-6+. The highest BCUT2D eigenvalue weighted by atomic mass is 16.3. The summed E-state index contributed by atoms with van der Waals surface area (Å²) >= 11 is 0. The lowest BCUT2D eigenvalue weighted by Crippen LogP contribution is -2.51. The van der Waals surface area contributed by atoms with E-state index in [2.05, 4.69) is 17.6 Å². The maximum Gasteiger partial charge on any atom is 0.244 e. The van der Waals surface area contributed by atoms with Crippen LogP contribution in [0.5, 0.6) is 0 Å². The fourth-order valence-electron chi connectivity index (χ4n) is 2.02. The van der Waals surface area contributed by atoms with Gasteiger partial charge in [0.05, 0.1) is 6.26 Å². The smallest absolute Gasteiger partial charge is 0.244 e. The summed E-state index contributed by atoms with van der Waals surface area (Å²) in [6.07, 6.45) is 6.92. The molecule has 1 amide bonds. The molecule has 2 atom stereocenters. The highest BCUT2D eigenvalue weighted by Crippen LogP contribution is 2.08.